The fourth-order valence-electron chi connectivity index (χ4n) is 9.76. The van der Waals surface area contributed by atoms with Crippen molar-refractivity contribution in [3.8, 4) is 22.5 Å². The van der Waals surface area contributed by atoms with Crippen molar-refractivity contribution in [3.05, 3.63) is 229 Å². The van der Waals surface area contributed by atoms with Crippen molar-refractivity contribution in [2.75, 3.05) is 0 Å². The largest absolute Gasteiger partial charge is 0.454 e. The summed E-state index contributed by atoms with van der Waals surface area (Å²) >= 11 is 0. The monoisotopic (exact) mass is 807 g/mol. The fraction of sp³-hybridized carbons (Fsp3) is 0.0175. The van der Waals surface area contributed by atoms with Gasteiger partial charge in [0, 0.05) is 49.1 Å². The third kappa shape index (κ3) is 5.58. The molecule has 0 spiro atoms. The van der Waals surface area contributed by atoms with Gasteiger partial charge in [-0.1, -0.05) is 158 Å². The van der Waals surface area contributed by atoms with Gasteiger partial charge in [-0.25, -0.2) is 9.98 Å². The molecule has 63 heavy (non-hydrogen) atoms. The van der Waals surface area contributed by atoms with E-state index in [1.807, 2.05) is 48.5 Å². The molecule has 1 aliphatic rings. The Morgan fingerprint density at radius 1 is 0.444 bits per heavy atom. The van der Waals surface area contributed by atoms with Crippen molar-refractivity contribution >= 4 is 77.2 Å². The van der Waals surface area contributed by atoms with Crippen molar-refractivity contribution < 1.29 is 4.42 Å². The molecule has 13 rings (SSSR count). The van der Waals surface area contributed by atoms with E-state index in [1.165, 1.54) is 27.1 Å². The Hall–Kier alpha value is -8.48. The summed E-state index contributed by atoms with van der Waals surface area (Å²) in [6.45, 7) is 0. The Bertz CT molecular complexity index is 3830. The summed E-state index contributed by atoms with van der Waals surface area (Å²) in [5, 5.41) is 10.7. The standard InChI is InChI=1S/C57H37N5O/c1-3-16-36(17-4-1)55-58-56(37-18-5-2-6-19-37)60-57(59-55)39-20-13-21-40(34-39)61-48-28-11-8-24-45(48)53-41(25-14-29-50(53)61)38-32-33-49-46(35-38)42-22-7-10-27-47(42)62(49)51-30-15-26-44-43-23-9-12-31-52(43)63-54(44)51/h1-35,57H,(H,58,59,60). The highest BCUT2D eigenvalue weighted by Crippen LogP contribution is 2.42. The molecule has 0 bridgehead atoms. The third-order valence-electron chi connectivity index (χ3n) is 12.6. The van der Waals surface area contributed by atoms with Crippen LogP contribution >= 0.6 is 0 Å². The second-order valence-corrected chi connectivity index (χ2v) is 16.2. The summed E-state index contributed by atoms with van der Waals surface area (Å²) in [7, 11) is 0. The molecule has 3 aromatic heterocycles. The van der Waals surface area contributed by atoms with Crippen molar-refractivity contribution in [3.63, 3.8) is 0 Å². The van der Waals surface area contributed by atoms with Gasteiger partial charge in [0.25, 0.3) is 0 Å². The average molecular weight is 808 g/mol. The topological polar surface area (TPSA) is 59.8 Å². The van der Waals surface area contributed by atoms with Crippen molar-refractivity contribution in [1.29, 1.82) is 0 Å². The van der Waals surface area contributed by atoms with E-state index in [-0.39, 0.29) is 6.17 Å². The zero-order valence-corrected chi connectivity index (χ0v) is 34.0. The van der Waals surface area contributed by atoms with Gasteiger partial charge in [-0.2, -0.15) is 0 Å². The predicted octanol–water partition coefficient (Wildman–Crippen LogP) is 13.9. The van der Waals surface area contributed by atoms with Gasteiger partial charge < -0.3 is 18.9 Å². The Morgan fingerprint density at radius 2 is 1.10 bits per heavy atom. The molecule has 1 N–H and O–H groups in total. The first-order chi connectivity index (χ1) is 31.2. The predicted molar refractivity (Wildman–Crippen MR) is 260 cm³/mol. The third-order valence-corrected chi connectivity index (χ3v) is 12.6. The highest BCUT2D eigenvalue weighted by atomic mass is 16.3. The van der Waals surface area contributed by atoms with Crippen LogP contribution in [0.2, 0.25) is 0 Å². The van der Waals surface area contributed by atoms with Crippen molar-refractivity contribution in [2.24, 2.45) is 9.98 Å². The summed E-state index contributed by atoms with van der Waals surface area (Å²) in [5.74, 6) is 1.50. The van der Waals surface area contributed by atoms with E-state index in [4.69, 9.17) is 14.4 Å². The SMILES string of the molecule is c1ccc(C2=NC(c3cccc(-n4c5ccccc5c5c(-c6ccc7c(c6)c6ccccc6n7-c6cccc7c6oc6ccccc67)cccc54)c3)NC(c3ccccc3)=N2)cc1. The maximum absolute atomic E-state index is 6.58. The van der Waals surface area contributed by atoms with Crippen LogP contribution in [0.5, 0.6) is 0 Å². The molecular weight excluding hydrogens is 771 g/mol. The number of fused-ring (bicyclic) bond motifs is 9. The number of nitrogens with zero attached hydrogens (tertiary/aromatic N) is 4. The van der Waals surface area contributed by atoms with E-state index in [2.05, 4.69) is 178 Å². The molecule has 0 amide bonds. The summed E-state index contributed by atoms with van der Waals surface area (Å²) in [6.07, 6.45) is -0.343. The minimum Gasteiger partial charge on any atom is -0.454 e. The van der Waals surface area contributed by atoms with E-state index in [0.717, 1.165) is 83.5 Å². The first-order valence-corrected chi connectivity index (χ1v) is 21.4. The lowest BCUT2D eigenvalue weighted by atomic mass is 9.98. The van der Waals surface area contributed by atoms with Crippen LogP contribution in [0.15, 0.2) is 227 Å². The summed E-state index contributed by atoms with van der Waals surface area (Å²) < 4.78 is 11.3. The lowest BCUT2D eigenvalue weighted by molar-refractivity contribution is 0.666. The van der Waals surface area contributed by atoms with Crippen LogP contribution in [0, 0.1) is 0 Å². The van der Waals surface area contributed by atoms with Crippen LogP contribution in [0.4, 0.5) is 0 Å². The molecule has 0 radical (unpaired) electrons. The highest BCUT2D eigenvalue weighted by molar-refractivity contribution is 6.18. The van der Waals surface area contributed by atoms with Gasteiger partial charge in [-0.15, -0.1) is 0 Å². The molecule has 6 nitrogen and oxygen atoms in total. The van der Waals surface area contributed by atoms with Gasteiger partial charge in [0.15, 0.2) is 11.4 Å². The van der Waals surface area contributed by atoms with E-state index in [9.17, 15) is 0 Å². The van der Waals surface area contributed by atoms with Crippen LogP contribution in [0.1, 0.15) is 22.9 Å². The Morgan fingerprint density at radius 3 is 1.94 bits per heavy atom. The van der Waals surface area contributed by atoms with E-state index < -0.39 is 0 Å². The Kier molecular flexibility index (Phi) is 7.87. The lowest BCUT2D eigenvalue weighted by Crippen LogP contribution is -2.33. The average Bonchev–Trinajstić information content (AvgIpc) is 4.02. The molecule has 4 heterocycles. The number of nitrogens with one attached hydrogen (secondary N) is 1. The van der Waals surface area contributed by atoms with Crippen LogP contribution < -0.4 is 5.32 Å². The molecule has 0 aliphatic carbocycles. The van der Waals surface area contributed by atoms with Gasteiger partial charge in [-0.3, -0.25) is 0 Å². The molecule has 6 heteroatoms. The zero-order chi connectivity index (χ0) is 41.4. The molecule has 1 aliphatic heterocycles. The summed E-state index contributed by atoms with van der Waals surface area (Å²) in [5.41, 5.74) is 13.8. The maximum Gasteiger partial charge on any atom is 0.159 e. The number of para-hydroxylation sites is 4. The van der Waals surface area contributed by atoms with Gasteiger partial charge in [0.05, 0.1) is 27.8 Å². The number of rotatable bonds is 6. The first-order valence-electron chi connectivity index (χ1n) is 21.4. The summed E-state index contributed by atoms with van der Waals surface area (Å²) in [4.78, 5) is 10.2. The molecule has 9 aromatic carbocycles. The van der Waals surface area contributed by atoms with E-state index in [0.29, 0.717) is 5.84 Å². The number of benzene rings is 9. The molecule has 12 aromatic rings. The minimum absolute atomic E-state index is 0.343. The number of amidine groups is 2. The molecular formula is C57H37N5O. The Labute approximate surface area is 362 Å². The van der Waals surface area contributed by atoms with Gasteiger partial charge in [-0.05, 0) is 71.3 Å². The van der Waals surface area contributed by atoms with E-state index >= 15 is 0 Å². The fourth-order valence-corrected chi connectivity index (χ4v) is 9.76. The van der Waals surface area contributed by atoms with Gasteiger partial charge >= 0.3 is 0 Å². The molecule has 296 valence electrons. The number of hydrogen-bond acceptors (Lipinski definition) is 4. The molecule has 0 fully saturated rings. The smallest absolute Gasteiger partial charge is 0.159 e. The minimum atomic E-state index is -0.343. The second-order valence-electron chi connectivity index (χ2n) is 16.2. The quantitative estimate of drug-likeness (QED) is 0.182. The molecule has 1 unspecified atom stereocenters. The van der Waals surface area contributed by atoms with Crippen LogP contribution in [0.3, 0.4) is 0 Å². The number of aromatic nitrogens is 2. The van der Waals surface area contributed by atoms with Crippen LogP contribution in [-0.2, 0) is 0 Å². The molecule has 0 saturated heterocycles. The maximum atomic E-state index is 6.58. The normalized spacial score (nSPS) is 14.2. The van der Waals surface area contributed by atoms with Crippen LogP contribution in [-0.4, -0.2) is 20.8 Å². The Balaban J connectivity index is 0.959. The molecule has 0 saturated carbocycles. The van der Waals surface area contributed by atoms with E-state index in [1.54, 1.807) is 0 Å². The van der Waals surface area contributed by atoms with Gasteiger partial charge in [0.2, 0.25) is 0 Å². The lowest BCUT2D eigenvalue weighted by Gasteiger charge is -2.24. The highest BCUT2D eigenvalue weighted by Gasteiger charge is 2.24. The van der Waals surface area contributed by atoms with Crippen LogP contribution in [0.25, 0.3) is 88.1 Å². The zero-order valence-electron chi connectivity index (χ0n) is 34.0. The van der Waals surface area contributed by atoms with Crippen molar-refractivity contribution in [2.45, 2.75) is 6.17 Å². The number of hydrogen-bond donors (Lipinski definition) is 1. The second kappa shape index (κ2) is 14.0. The number of aliphatic imine (C=N–C) groups is 2. The number of furan rings is 1. The first kappa shape index (κ1) is 35.3. The van der Waals surface area contributed by atoms with Gasteiger partial charge in [0.1, 0.15) is 17.6 Å². The molecule has 1 atom stereocenters. The summed E-state index contributed by atoms with van der Waals surface area (Å²) in [6, 6.07) is 75.1. The van der Waals surface area contributed by atoms with Crippen molar-refractivity contribution in [1.82, 2.24) is 14.5 Å².